The van der Waals surface area contributed by atoms with Crippen molar-refractivity contribution in [3.05, 3.63) is 24.2 Å². The van der Waals surface area contributed by atoms with Crippen molar-refractivity contribution in [2.75, 3.05) is 18.8 Å². The Balaban J connectivity index is 1.65. The van der Waals surface area contributed by atoms with Crippen LogP contribution in [0.5, 0.6) is 0 Å². The van der Waals surface area contributed by atoms with Crippen molar-refractivity contribution in [1.82, 2.24) is 19.9 Å². The van der Waals surface area contributed by atoms with Crippen molar-refractivity contribution in [3.63, 3.8) is 0 Å². The molecule has 4 heterocycles. The number of hydrogen-bond acceptors (Lipinski definition) is 4. The van der Waals surface area contributed by atoms with Gasteiger partial charge in [-0.25, -0.2) is 9.97 Å². The molecule has 2 aliphatic heterocycles. The first-order valence-corrected chi connectivity index (χ1v) is 9.07. The Bertz CT molecular complexity index is 612. The summed E-state index contributed by atoms with van der Waals surface area (Å²) in [6.07, 6.45) is 6.94. The minimum Gasteiger partial charge on any atom is -0.316 e. The summed E-state index contributed by atoms with van der Waals surface area (Å²) in [6.45, 7) is 3.37. The molecule has 2 aromatic heterocycles. The van der Waals surface area contributed by atoms with Crippen LogP contribution >= 0.6 is 11.8 Å². The summed E-state index contributed by atoms with van der Waals surface area (Å²) < 4.78 is 2.40. The first-order chi connectivity index (χ1) is 10.4. The highest BCUT2D eigenvalue weighted by molar-refractivity contribution is 8.00. The Morgan fingerprint density at radius 3 is 3.19 bits per heavy atom. The van der Waals surface area contributed by atoms with E-state index in [1.54, 1.807) is 0 Å². The molecule has 0 aromatic carbocycles. The molecule has 0 amide bonds. The van der Waals surface area contributed by atoms with E-state index in [4.69, 9.17) is 4.98 Å². The molecule has 0 bridgehead atoms. The van der Waals surface area contributed by atoms with E-state index in [-0.39, 0.29) is 0 Å². The first kappa shape index (κ1) is 13.6. The molecule has 0 aliphatic carbocycles. The van der Waals surface area contributed by atoms with Gasteiger partial charge in [0, 0.05) is 24.4 Å². The number of nitrogens with zero attached hydrogens (tertiary/aromatic N) is 3. The van der Waals surface area contributed by atoms with E-state index in [1.807, 2.05) is 12.3 Å². The Hall–Kier alpha value is -1.07. The molecule has 1 N–H and O–H groups in total. The van der Waals surface area contributed by atoms with Crippen molar-refractivity contribution < 1.29 is 0 Å². The van der Waals surface area contributed by atoms with Crippen LogP contribution in [0.15, 0.2) is 18.3 Å². The van der Waals surface area contributed by atoms with Gasteiger partial charge in [0.15, 0.2) is 5.65 Å². The van der Waals surface area contributed by atoms with Crippen molar-refractivity contribution in [1.29, 1.82) is 0 Å². The van der Waals surface area contributed by atoms with Crippen LogP contribution in [-0.2, 0) is 13.0 Å². The molecule has 2 fully saturated rings. The molecule has 2 atom stereocenters. The fourth-order valence-corrected chi connectivity index (χ4v) is 4.75. The van der Waals surface area contributed by atoms with E-state index < -0.39 is 0 Å². The minimum atomic E-state index is 0.733. The van der Waals surface area contributed by atoms with E-state index >= 15 is 0 Å². The van der Waals surface area contributed by atoms with Crippen LogP contribution in [0.2, 0.25) is 0 Å². The Morgan fingerprint density at radius 2 is 2.38 bits per heavy atom. The standard InChI is InChI=1S/C16H22N4S/c1-4-14-16(18-6-1)20(11-13-3-2-8-21-13)15(19-14)9-12-5-7-17-10-12/h1,4,6,12-13,17H,2-3,5,7-11H2. The summed E-state index contributed by atoms with van der Waals surface area (Å²) in [6, 6.07) is 4.09. The van der Waals surface area contributed by atoms with Gasteiger partial charge < -0.3 is 9.88 Å². The number of thioether (sulfide) groups is 1. The van der Waals surface area contributed by atoms with Crippen LogP contribution in [-0.4, -0.2) is 38.6 Å². The lowest BCUT2D eigenvalue weighted by atomic mass is 10.0. The highest BCUT2D eigenvalue weighted by Crippen LogP contribution is 2.29. The second kappa shape index (κ2) is 5.97. The predicted octanol–water partition coefficient (Wildman–Crippen LogP) is 2.48. The number of pyridine rings is 1. The van der Waals surface area contributed by atoms with Crippen molar-refractivity contribution in [2.45, 2.75) is 37.5 Å². The van der Waals surface area contributed by atoms with Crippen LogP contribution in [0.25, 0.3) is 11.2 Å². The molecule has 4 nitrogen and oxygen atoms in total. The maximum absolute atomic E-state index is 4.88. The molecule has 2 saturated heterocycles. The third kappa shape index (κ3) is 2.81. The minimum absolute atomic E-state index is 0.733. The van der Waals surface area contributed by atoms with Gasteiger partial charge in [-0.1, -0.05) is 0 Å². The molecule has 0 spiro atoms. The number of hydrogen-bond donors (Lipinski definition) is 1. The maximum Gasteiger partial charge on any atom is 0.160 e. The normalized spacial score (nSPS) is 25.9. The van der Waals surface area contributed by atoms with Gasteiger partial charge in [-0.15, -0.1) is 0 Å². The lowest BCUT2D eigenvalue weighted by Gasteiger charge is -2.15. The monoisotopic (exact) mass is 302 g/mol. The zero-order valence-corrected chi connectivity index (χ0v) is 13.1. The fourth-order valence-electron chi connectivity index (χ4n) is 3.49. The van der Waals surface area contributed by atoms with Crippen molar-refractivity contribution in [2.24, 2.45) is 5.92 Å². The molecule has 2 aromatic rings. The number of aromatic nitrogens is 3. The SMILES string of the molecule is c1cnc2c(c1)nc(CC1CCNC1)n2CC1CCCS1. The summed E-state index contributed by atoms with van der Waals surface area (Å²) >= 11 is 2.11. The lowest BCUT2D eigenvalue weighted by molar-refractivity contribution is 0.530. The van der Waals surface area contributed by atoms with E-state index in [1.165, 1.54) is 30.8 Å². The molecule has 2 unspecified atom stereocenters. The van der Waals surface area contributed by atoms with Crippen LogP contribution < -0.4 is 5.32 Å². The quantitative estimate of drug-likeness (QED) is 0.942. The smallest absolute Gasteiger partial charge is 0.160 e. The van der Waals surface area contributed by atoms with Crippen molar-refractivity contribution >= 4 is 22.9 Å². The van der Waals surface area contributed by atoms with Gasteiger partial charge in [-0.2, -0.15) is 11.8 Å². The molecular weight excluding hydrogens is 280 g/mol. The van der Waals surface area contributed by atoms with Crippen molar-refractivity contribution in [3.8, 4) is 0 Å². The van der Waals surface area contributed by atoms with Crippen LogP contribution in [0, 0.1) is 5.92 Å². The third-order valence-corrected chi connectivity index (χ3v) is 6.01. The summed E-state index contributed by atoms with van der Waals surface area (Å²) in [7, 11) is 0. The van der Waals surface area contributed by atoms with Gasteiger partial charge in [0.1, 0.15) is 11.3 Å². The summed E-state index contributed by atoms with van der Waals surface area (Å²) in [5, 5.41) is 4.20. The number of imidazole rings is 1. The molecule has 0 saturated carbocycles. The van der Waals surface area contributed by atoms with Gasteiger partial charge in [-0.3, -0.25) is 0 Å². The second-order valence-electron chi connectivity index (χ2n) is 6.18. The van der Waals surface area contributed by atoms with Crippen LogP contribution in [0.3, 0.4) is 0 Å². The van der Waals surface area contributed by atoms with E-state index in [2.05, 4.69) is 32.7 Å². The molecule has 21 heavy (non-hydrogen) atoms. The summed E-state index contributed by atoms with van der Waals surface area (Å²) in [4.78, 5) is 9.48. The van der Waals surface area contributed by atoms with Crippen LogP contribution in [0.4, 0.5) is 0 Å². The summed E-state index contributed by atoms with van der Waals surface area (Å²) in [5.41, 5.74) is 2.13. The van der Waals surface area contributed by atoms with Crippen LogP contribution in [0.1, 0.15) is 25.1 Å². The van der Waals surface area contributed by atoms with Gasteiger partial charge >= 0.3 is 0 Å². The first-order valence-electron chi connectivity index (χ1n) is 8.02. The number of rotatable bonds is 4. The largest absolute Gasteiger partial charge is 0.316 e. The molecule has 2 aliphatic rings. The Labute approximate surface area is 129 Å². The van der Waals surface area contributed by atoms with Gasteiger partial charge in [-0.05, 0) is 56.2 Å². The number of fused-ring (bicyclic) bond motifs is 1. The molecule has 4 rings (SSSR count). The number of nitrogens with one attached hydrogen (secondary N) is 1. The van der Waals surface area contributed by atoms with E-state index in [0.717, 1.165) is 48.4 Å². The summed E-state index contributed by atoms with van der Waals surface area (Å²) in [5.74, 6) is 3.29. The molecule has 0 radical (unpaired) electrons. The molecule has 5 heteroatoms. The molecule has 112 valence electrons. The third-order valence-electron chi connectivity index (χ3n) is 4.63. The predicted molar refractivity (Wildman–Crippen MR) is 87.7 cm³/mol. The topological polar surface area (TPSA) is 42.7 Å². The molecular formula is C16H22N4S. The van der Waals surface area contributed by atoms with Gasteiger partial charge in [0.05, 0.1) is 0 Å². The maximum atomic E-state index is 4.88. The second-order valence-corrected chi connectivity index (χ2v) is 7.59. The average molecular weight is 302 g/mol. The zero-order chi connectivity index (χ0) is 14.1. The van der Waals surface area contributed by atoms with E-state index in [9.17, 15) is 0 Å². The van der Waals surface area contributed by atoms with Gasteiger partial charge in [0.2, 0.25) is 0 Å². The lowest BCUT2D eigenvalue weighted by Crippen LogP contribution is -2.17. The average Bonchev–Trinajstić information content (AvgIpc) is 3.23. The highest BCUT2D eigenvalue weighted by atomic mass is 32.2. The Kier molecular flexibility index (Phi) is 3.86. The fraction of sp³-hybridized carbons (Fsp3) is 0.625. The zero-order valence-electron chi connectivity index (χ0n) is 12.3. The Morgan fingerprint density at radius 1 is 1.38 bits per heavy atom. The highest BCUT2D eigenvalue weighted by Gasteiger charge is 2.23. The van der Waals surface area contributed by atoms with E-state index in [0.29, 0.717) is 0 Å². The van der Waals surface area contributed by atoms with Gasteiger partial charge in [0.25, 0.3) is 0 Å².